The average Bonchev–Trinajstić information content (AvgIpc) is 3.65. The van der Waals surface area contributed by atoms with Gasteiger partial charge in [-0.2, -0.15) is 26.3 Å². The SMILES string of the molecule is N=C(SC(=N)C1C=Cc2ccc(-c3nnc(-c4cccc(-c5cccc(C(F)(F)F)c5)n4)s3)nc2N1)c1cccc(-c2cccc(C(F)(F)F)c2)n1. The fourth-order valence-corrected chi connectivity index (χ4v) is 6.68. The summed E-state index contributed by atoms with van der Waals surface area (Å²) in [5.41, 5.74) is 1.47. The lowest BCUT2D eigenvalue weighted by Gasteiger charge is -2.22. The van der Waals surface area contributed by atoms with E-state index in [1.165, 1.54) is 29.5 Å². The molecule has 4 aromatic heterocycles. The summed E-state index contributed by atoms with van der Waals surface area (Å²) in [6, 6.07) is 22.4. The Labute approximate surface area is 299 Å². The van der Waals surface area contributed by atoms with E-state index in [4.69, 9.17) is 15.8 Å². The van der Waals surface area contributed by atoms with E-state index < -0.39 is 29.5 Å². The van der Waals surface area contributed by atoms with Gasteiger partial charge < -0.3 is 5.32 Å². The van der Waals surface area contributed by atoms with Crippen molar-refractivity contribution in [1.29, 1.82) is 10.8 Å². The maximum atomic E-state index is 13.3. The molecule has 5 heterocycles. The van der Waals surface area contributed by atoms with E-state index in [9.17, 15) is 26.3 Å². The van der Waals surface area contributed by atoms with Crippen LogP contribution in [0.5, 0.6) is 0 Å². The molecule has 3 N–H and O–H groups in total. The summed E-state index contributed by atoms with van der Waals surface area (Å²) >= 11 is 2.05. The zero-order chi connectivity index (χ0) is 36.6. The molecule has 1 aliphatic rings. The van der Waals surface area contributed by atoms with Crippen LogP contribution in [0.1, 0.15) is 22.4 Å². The second-order valence-corrected chi connectivity index (χ2v) is 13.3. The Hall–Kier alpha value is -5.74. The second-order valence-electron chi connectivity index (χ2n) is 11.3. The number of rotatable bonds is 6. The number of nitrogens with zero attached hydrogens (tertiary/aromatic N) is 5. The van der Waals surface area contributed by atoms with E-state index in [1.54, 1.807) is 60.7 Å². The van der Waals surface area contributed by atoms with Crippen LogP contribution in [-0.4, -0.2) is 41.3 Å². The van der Waals surface area contributed by atoms with Crippen LogP contribution in [0, 0.1) is 10.8 Å². The third-order valence-electron chi connectivity index (χ3n) is 7.75. The van der Waals surface area contributed by atoms with E-state index in [-0.39, 0.29) is 27.0 Å². The van der Waals surface area contributed by atoms with Crippen LogP contribution in [0.4, 0.5) is 32.2 Å². The lowest BCUT2D eigenvalue weighted by atomic mass is 10.1. The van der Waals surface area contributed by atoms with E-state index in [0.29, 0.717) is 38.5 Å². The molecule has 52 heavy (non-hydrogen) atoms. The molecule has 1 aliphatic heterocycles. The summed E-state index contributed by atoms with van der Waals surface area (Å²) in [5, 5.41) is 29.9. The summed E-state index contributed by atoms with van der Waals surface area (Å²) in [6.07, 6.45) is -5.44. The van der Waals surface area contributed by atoms with Gasteiger partial charge in [0.05, 0.1) is 39.3 Å². The number of halogens is 6. The molecule has 260 valence electrons. The third-order valence-corrected chi connectivity index (χ3v) is 9.60. The van der Waals surface area contributed by atoms with Gasteiger partial charge in [0.1, 0.15) is 22.2 Å². The monoisotopic (exact) mass is 744 g/mol. The van der Waals surface area contributed by atoms with Gasteiger partial charge in [-0.3, -0.25) is 10.8 Å². The molecule has 0 bridgehead atoms. The molecule has 0 fully saturated rings. The summed E-state index contributed by atoms with van der Waals surface area (Å²) < 4.78 is 79.5. The molecular formula is C36H22F6N8S2. The molecule has 8 nitrogen and oxygen atoms in total. The van der Waals surface area contributed by atoms with Gasteiger partial charge in [0, 0.05) is 16.7 Å². The van der Waals surface area contributed by atoms with E-state index >= 15 is 0 Å². The van der Waals surface area contributed by atoms with Crippen molar-refractivity contribution in [3.05, 3.63) is 126 Å². The van der Waals surface area contributed by atoms with Gasteiger partial charge in [-0.05, 0) is 60.7 Å². The summed E-state index contributed by atoms with van der Waals surface area (Å²) in [5.74, 6) is 0.466. The molecule has 1 unspecified atom stereocenters. The molecule has 0 saturated heterocycles. The highest BCUT2D eigenvalue weighted by atomic mass is 32.2. The second kappa shape index (κ2) is 13.8. The van der Waals surface area contributed by atoms with Crippen molar-refractivity contribution < 1.29 is 26.3 Å². The number of aromatic nitrogens is 5. The van der Waals surface area contributed by atoms with Crippen molar-refractivity contribution in [2.75, 3.05) is 5.32 Å². The van der Waals surface area contributed by atoms with Crippen LogP contribution in [0.25, 0.3) is 50.0 Å². The largest absolute Gasteiger partial charge is 0.416 e. The van der Waals surface area contributed by atoms with E-state index in [1.807, 2.05) is 6.07 Å². The number of anilines is 1. The maximum absolute atomic E-state index is 13.3. The van der Waals surface area contributed by atoms with Crippen LogP contribution in [0.2, 0.25) is 0 Å². The van der Waals surface area contributed by atoms with Gasteiger partial charge in [-0.15, -0.1) is 10.2 Å². The number of benzene rings is 2. The fraction of sp³-hybridized carbons (Fsp3) is 0.0833. The predicted molar refractivity (Wildman–Crippen MR) is 190 cm³/mol. The number of alkyl halides is 6. The molecule has 2 aromatic carbocycles. The lowest BCUT2D eigenvalue weighted by molar-refractivity contribution is -0.138. The predicted octanol–water partition coefficient (Wildman–Crippen LogP) is 9.97. The van der Waals surface area contributed by atoms with Crippen LogP contribution in [-0.2, 0) is 12.4 Å². The maximum Gasteiger partial charge on any atom is 0.416 e. The van der Waals surface area contributed by atoms with Gasteiger partial charge in [-0.25, -0.2) is 15.0 Å². The molecule has 16 heteroatoms. The van der Waals surface area contributed by atoms with Gasteiger partial charge in [0.15, 0.2) is 10.0 Å². The zero-order valence-electron chi connectivity index (χ0n) is 26.3. The molecule has 0 spiro atoms. The Morgan fingerprint density at radius 2 is 1.21 bits per heavy atom. The Bertz CT molecular complexity index is 2370. The molecule has 6 aromatic rings. The van der Waals surface area contributed by atoms with Gasteiger partial charge in [-0.1, -0.05) is 71.6 Å². The zero-order valence-corrected chi connectivity index (χ0v) is 27.9. The highest BCUT2D eigenvalue weighted by molar-refractivity contribution is 8.27. The first-order valence-electron chi connectivity index (χ1n) is 15.3. The molecular weight excluding hydrogens is 723 g/mol. The molecule has 0 amide bonds. The highest BCUT2D eigenvalue weighted by Crippen LogP contribution is 2.35. The van der Waals surface area contributed by atoms with Crippen molar-refractivity contribution in [3.63, 3.8) is 0 Å². The molecule has 0 aliphatic carbocycles. The Morgan fingerprint density at radius 1 is 0.654 bits per heavy atom. The van der Waals surface area contributed by atoms with E-state index in [0.717, 1.165) is 41.6 Å². The topological polar surface area (TPSA) is 124 Å². The van der Waals surface area contributed by atoms with Crippen molar-refractivity contribution in [3.8, 4) is 43.9 Å². The minimum absolute atomic E-state index is 0.0614. The van der Waals surface area contributed by atoms with Crippen molar-refractivity contribution in [2.45, 2.75) is 18.4 Å². The van der Waals surface area contributed by atoms with Crippen LogP contribution in [0.3, 0.4) is 0 Å². The molecule has 0 radical (unpaired) electrons. The van der Waals surface area contributed by atoms with Gasteiger partial charge in [0.25, 0.3) is 0 Å². The Morgan fingerprint density at radius 3 is 1.85 bits per heavy atom. The van der Waals surface area contributed by atoms with E-state index in [2.05, 4.69) is 25.5 Å². The van der Waals surface area contributed by atoms with Crippen LogP contribution >= 0.6 is 23.1 Å². The molecule has 7 rings (SSSR count). The number of thioether (sulfide) groups is 1. The summed E-state index contributed by atoms with van der Waals surface area (Å²) in [6.45, 7) is 0. The first-order valence-corrected chi connectivity index (χ1v) is 16.9. The number of nitrogens with one attached hydrogen (secondary N) is 3. The standard InChI is InChI=1S/C36H22F6N8S2/c37-35(38,39)22-7-1-5-20(17-22)24-9-3-11-26(45-24)30(43)51-31(44)27-15-13-19-14-16-29(48-32(19)47-27)34-50-49-33(52-34)28-12-4-10-25(46-28)21-6-2-8-23(18-21)36(40,41)42/h1-18,27,43-44H,(H,47,48). The Kier molecular flexibility index (Phi) is 9.18. The number of fused-ring (bicyclic) bond motifs is 1. The minimum Gasteiger partial charge on any atom is -0.357 e. The first-order chi connectivity index (χ1) is 24.8. The third kappa shape index (κ3) is 7.48. The van der Waals surface area contributed by atoms with Gasteiger partial charge in [0.2, 0.25) is 0 Å². The Balaban J connectivity index is 1.04. The van der Waals surface area contributed by atoms with Crippen LogP contribution < -0.4 is 5.32 Å². The summed E-state index contributed by atoms with van der Waals surface area (Å²) in [4.78, 5) is 13.6. The lowest BCUT2D eigenvalue weighted by Crippen LogP contribution is -2.28. The minimum atomic E-state index is -4.51. The number of hydrogen-bond acceptors (Lipinski definition) is 10. The highest BCUT2D eigenvalue weighted by Gasteiger charge is 2.31. The van der Waals surface area contributed by atoms with Crippen molar-refractivity contribution in [2.24, 2.45) is 0 Å². The van der Waals surface area contributed by atoms with Gasteiger partial charge >= 0.3 is 12.4 Å². The quantitative estimate of drug-likeness (QED) is 0.0881. The summed E-state index contributed by atoms with van der Waals surface area (Å²) in [7, 11) is 0. The number of hydrogen-bond donors (Lipinski definition) is 3. The average molecular weight is 745 g/mol. The number of pyridine rings is 3. The molecule has 0 saturated carbocycles. The smallest absolute Gasteiger partial charge is 0.357 e. The molecule has 1 atom stereocenters. The first kappa shape index (κ1) is 34.7. The fourth-order valence-electron chi connectivity index (χ4n) is 5.19. The van der Waals surface area contributed by atoms with Crippen molar-refractivity contribution >= 4 is 45.1 Å². The van der Waals surface area contributed by atoms with Crippen molar-refractivity contribution in [1.82, 2.24) is 25.1 Å². The van der Waals surface area contributed by atoms with Crippen LogP contribution in [0.15, 0.2) is 103 Å². The normalized spacial score (nSPS) is 14.1.